The number of piperidine rings is 1. The van der Waals surface area contributed by atoms with E-state index in [-0.39, 0.29) is 5.82 Å². The zero-order chi connectivity index (χ0) is 16.4. The Morgan fingerprint density at radius 1 is 1.00 bits per heavy atom. The lowest BCUT2D eigenvalue weighted by Crippen LogP contribution is -2.28. The largest absolute Gasteiger partial charge is 0.341 e. The van der Waals surface area contributed by atoms with Crippen molar-refractivity contribution in [1.82, 2.24) is 20.3 Å². The van der Waals surface area contributed by atoms with E-state index in [4.69, 9.17) is 4.98 Å². The third-order valence-electron chi connectivity index (χ3n) is 4.49. The molecule has 2 aromatic heterocycles. The van der Waals surface area contributed by atoms with Gasteiger partial charge in [-0.25, -0.2) is 9.37 Å². The Kier molecular flexibility index (Phi) is 4.09. The van der Waals surface area contributed by atoms with Gasteiger partial charge in [0, 0.05) is 36.0 Å². The highest BCUT2D eigenvalue weighted by atomic mass is 19.1. The topological polar surface area (TPSA) is 53.6 Å². The van der Waals surface area contributed by atoms with E-state index in [0.717, 1.165) is 54.3 Å². The third kappa shape index (κ3) is 2.95. The molecular weight excluding hydrogens is 303 g/mol. The van der Waals surface area contributed by atoms with Gasteiger partial charge in [0.1, 0.15) is 11.6 Å². The van der Waals surface area contributed by atoms with Crippen molar-refractivity contribution in [3.8, 4) is 22.5 Å². The summed E-state index contributed by atoms with van der Waals surface area (Å²) in [6.45, 7) is 2.01. The zero-order valence-corrected chi connectivity index (χ0v) is 13.3. The molecule has 0 spiro atoms. The van der Waals surface area contributed by atoms with E-state index in [1.807, 2.05) is 12.1 Å². The van der Waals surface area contributed by atoms with E-state index in [1.54, 1.807) is 24.5 Å². The van der Waals surface area contributed by atoms with Gasteiger partial charge in [-0.3, -0.25) is 4.98 Å². The fraction of sp³-hybridized carbons (Fsp3) is 0.263. The molecule has 1 aliphatic heterocycles. The van der Waals surface area contributed by atoms with Gasteiger partial charge in [-0.1, -0.05) is 0 Å². The van der Waals surface area contributed by atoms with Gasteiger partial charge in [-0.2, -0.15) is 0 Å². The summed E-state index contributed by atoms with van der Waals surface area (Å²) in [4.78, 5) is 12.5. The van der Waals surface area contributed by atoms with Crippen molar-refractivity contribution < 1.29 is 4.39 Å². The second-order valence-corrected chi connectivity index (χ2v) is 6.13. The second-order valence-electron chi connectivity index (χ2n) is 6.13. The van der Waals surface area contributed by atoms with E-state index in [0.29, 0.717) is 5.92 Å². The molecule has 1 aromatic carbocycles. The van der Waals surface area contributed by atoms with Crippen molar-refractivity contribution in [1.29, 1.82) is 0 Å². The molecule has 3 heterocycles. The van der Waals surface area contributed by atoms with Crippen molar-refractivity contribution in [2.24, 2.45) is 0 Å². The average molecular weight is 322 g/mol. The highest BCUT2D eigenvalue weighted by molar-refractivity contribution is 5.78. The van der Waals surface area contributed by atoms with Crippen LogP contribution in [-0.2, 0) is 0 Å². The van der Waals surface area contributed by atoms with Crippen molar-refractivity contribution in [3.63, 3.8) is 0 Å². The molecule has 0 saturated carbocycles. The average Bonchev–Trinajstić information content (AvgIpc) is 3.09. The van der Waals surface area contributed by atoms with Crippen LogP contribution < -0.4 is 5.32 Å². The number of nitrogens with zero attached hydrogens (tertiary/aromatic N) is 2. The third-order valence-corrected chi connectivity index (χ3v) is 4.49. The molecule has 0 radical (unpaired) electrons. The smallest absolute Gasteiger partial charge is 0.123 e. The molecule has 5 heteroatoms. The number of rotatable bonds is 3. The number of H-pyrrole nitrogens is 1. The lowest BCUT2D eigenvalue weighted by Gasteiger charge is -2.20. The van der Waals surface area contributed by atoms with Crippen LogP contribution in [0.5, 0.6) is 0 Å². The first-order valence-corrected chi connectivity index (χ1v) is 8.28. The van der Waals surface area contributed by atoms with Crippen LogP contribution >= 0.6 is 0 Å². The van der Waals surface area contributed by atoms with Crippen LogP contribution in [0.2, 0.25) is 0 Å². The maximum absolute atomic E-state index is 13.3. The fourth-order valence-corrected chi connectivity index (χ4v) is 3.21. The number of benzene rings is 1. The summed E-state index contributed by atoms with van der Waals surface area (Å²) in [6, 6.07) is 10.4. The SMILES string of the molecule is Fc1ccc(-c2nc(C3CCCNC3)[nH]c2-c2ccncc2)cc1. The molecule has 2 N–H and O–H groups in total. The van der Waals surface area contributed by atoms with Gasteiger partial charge in [-0.15, -0.1) is 0 Å². The first kappa shape index (κ1) is 15.0. The summed E-state index contributed by atoms with van der Waals surface area (Å²) < 4.78 is 13.3. The Morgan fingerprint density at radius 3 is 2.50 bits per heavy atom. The molecule has 1 atom stereocenters. The number of hydrogen-bond acceptors (Lipinski definition) is 3. The monoisotopic (exact) mass is 322 g/mol. The molecule has 122 valence electrons. The molecule has 0 amide bonds. The molecule has 4 nitrogen and oxygen atoms in total. The first-order valence-electron chi connectivity index (χ1n) is 8.28. The minimum atomic E-state index is -0.239. The van der Waals surface area contributed by atoms with E-state index in [9.17, 15) is 4.39 Å². The van der Waals surface area contributed by atoms with E-state index >= 15 is 0 Å². The minimum absolute atomic E-state index is 0.239. The predicted molar refractivity (Wildman–Crippen MR) is 92.1 cm³/mol. The van der Waals surface area contributed by atoms with Gasteiger partial charge in [0.05, 0.1) is 11.4 Å². The van der Waals surface area contributed by atoms with Gasteiger partial charge < -0.3 is 10.3 Å². The van der Waals surface area contributed by atoms with Crippen molar-refractivity contribution >= 4 is 0 Å². The molecule has 1 aliphatic rings. The first-order chi connectivity index (χ1) is 11.8. The Labute approximate surface area is 140 Å². The Bertz CT molecular complexity index is 805. The molecule has 1 saturated heterocycles. The molecule has 0 bridgehead atoms. The Morgan fingerprint density at radius 2 is 1.79 bits per heavy atom. The van der Waals surface area contributed by atoms with Gasteiger partial charge in [0.2, 0.25) is 0 Å². The van der Waals surface area contributed by atoms with Gasteiger partial charge in [0.25, 0.3) is 0 Å². The highest BCUT2D eigenvalue weighted by Crippen LogP contribution is 2.33. The lowest BCUT2D eigenvalue weighted by molar-refractivity contribution is 0.449. The number of aromatic amines is 1. The molecule has 0 aliphatic carbocycles. The van der Waals surface area contributed by atoms with E-state index < -0.39 is 0 Å². The molecule has 1 unspecified atom stereocenters. The quantitative estimate of drug-likeness (QED) is 0.772. The second kappa shape index (κ2) is 6.53. The molecule has 4 rings (SSSR count). The maximum atomic E-state index is 13.3. The van der Waals surface area contributed by atoms with Crippen LogP contribution in [0.1, 0.15) is 24.6 Å². The van der Waals surface area contributed by atoms with E-state index in [2.05, 4.69) is 15.3 Å². The van der Waals surface area contributed by atoms with Crippen molar-refractivity contribution in [3.05, 3.63) is 60.4 Å². The fourth-order valence-electron chi connectivity index (χ4n) is 3.21. The van der Waals surface area contributed by atoms with Crippen LogP contribution in [0.3, 0.4) is 0 Å². The summed E-state index contributed by atoms with van der Waals surface area (Å²) in [5.74, 6) is 1.14. The Hall–Kier alpha value is -2.53. The summed E-state index contributed by atoms with van der Waals surface area (Å²) in [5, 5.41) is 3.43. The summed E-state index contributed by atoms with van der Waals surface area (Å²) in [5.41, 5.74) is 3.77. The molecule has 1 fully saturated rings. The van der Waals surface area contributed by atoms with Crippen LogP contribution in [0.25, 0.3) is 22.5 Å². The molecule has 3 aromatic rings. The normalized spacial score (nSPS) is 17.8. The predicted octanol–water partition coefficient (Wildman–Crippen LogP) is 3.74. The van der Waals surface area contributed by atoms with Crippen LogP contribution in [0, 0.1) is 5.82 Å². The van der Waals surface area contributed by atoms with Gasteiger partial charge >= 0.3 is 0 Å². The summed E-state index contributed by atoms with van der Waals surface area (Å²) >= 11 is 0. The number of halogens is 1. The lowest BCUT2D eigenvalue weighted by atomic mass is 9.99. The minimum Gasteiger partial charge on any atom is -0.341 e. The number of pyridine rings is 1. The van der Waals surface area contributed by atoms with Crippen molar-refractivity contribution in [2.75, 3.05) is 13.1 Å². The molecular formula is C19H19FN4. The van der Waals surface area contributed by atoms with Gasteiger partial charge in [0.15, 0.2) is 0 Å². The Balaban J connectivity index is 1.80. The number of nitrogens with one attached hydrogen (secondary N) is 2. The number of aromatic nitrogens is 3. The summed E-state index contributed by atoms with van der Waals surface area (Å²) in [7, 11) is 0. The number of imidazole rings is 1. The summed E-state index contributed by atoms with van der Waals surface area (Å²) in [6.07, 6.45) is 5.82. The highest BCUT2D eigenvalue weighted by Gasteiger charge is 2.22. The standard InChI is InChI=1S/C19H19FN4/c20-16-5-3-13(4-6-16)17-18(14-7-10-21-11-8-14)24-19(23-17)15-2-1-9-22-12-15/h3-8,10-11,15,22H,1-2,9,12H2,(H,23,24). The maximum Gasteiger partial charge on any atom is 0.123 e. The van der Waals surface area contributed by atoms with Crippen molar-refractivity contribution in [2.45, 2.75) is 18.8 Å². The molecule has 24 heavy (non-hydrogen) atoms. The van der Waals surface area contributed by atoms with Crippen LogP contribution in [-0.4, -0.2) is 28.0 Å². The van der Waals surface area contributed by atoms with Crippen LogP contribution in [0.4, 0.5) is 4.39 Å². The number of hydrogen-bond donors (Lipinski definition) is 2. The van der Waals surface area contributed by atoms with Gasteiger partial charge in [-0.05, 0) is 55.8 Å². The van der Waals surface area contributed by atoms with Crippen LogP contribution in [0.15, 0.2) is 48.8 Å². The van der Waals surface area contributed by atoms with E-state index in [1.165, 1.54) is 12.1 Å². The zero-order valence-electron chi connectivity index (χ0n) is 13.3.